The molecule has 1 aromatic carbocycles. The van der Waals surface area contributed by atoms with Crippen molar-refractivity contribution >= 4 is 17.3 Å². The van der Waals surface area contributed by atoms with Crippen LogP contribution < -0.4 is 5.01 Å². The van der Waals surface area contributed by atoms with E-state index in [0.717, 1.165) is 36.2 Å². The molecule has 1 fully saturated rings. The highest BCUT2D eigenvalue weighted by atomic mass is 16.2. The highest BCUT2D eigenvalue weighted by Gasteiger charge is 2.37. The monoisotopic (exact) mass is 242 g/mol. The fourth-order valence-electron chi connectivity index (χ4n) is 2.92. The number of hydrogen-bond donors (Lipinski definition) is 0. The fourth-order valence-corrected chi connectivity index (χ4v) is 2.92. The number of hydrazone groups is 1. The summed E-state index contributed by atoms with van der Waals surface area (Å²) >= 11 is 0. The first-order valence-electron chi connectivity index (χ1n) is 6.65. The Labute approximate surface area is 107 Å². The summed E-state index contributed by atoms with van der Waals surface area (Å²) in [5.74, 6) is 0.219. The fraction of sp³-hybridized carbons (Fsp3) is 0.467. The Morgan fingerprint density at radius 1 is 1.28 bits per heavy atom. The van der Waals surface area contributed by atoms with Gasteiger partial charge in [-0.15, -0.1) is 0 Å². The summed E-state index contributed by atoms with van der Waals surface area (Å²) in [6.45, 7) is 4.10. The lowest BCUT2D eigenvalue weighted by Crippen LogP contribution is -2.29. The number of carbonyl (C=O) groups excluding carboxylic acids is 1. The molecule has 3 rings (SSSR count). The van der Waals surface area contributed by atoms with Gasteiger partial charge in [0.15, 0.2) is 0 Å². The largest absolute Gasteiger partial charge is 0.272 e. The van der Waals surface area contributed by atoms with E-state index in [9.17, 15) is 4.79 Å². The third-order valence-electron chi connectivity index (χ3n) is 3.89. The summed E-state index contributed by atoms with van der Waals surface area (Å²) in [4.78, 5) is 12.4. The lowest BCUT2D eigenvalue weighted by atomic mass is 9.87. The highest BCUT2D eigenvalue weighted by Crippen LogP contribution is 2.33. The predicted octanol–water partition coefficient (Wildman–Crippen LogP) is 3.20. The van der Waals surface area contributed by atoms with E-state index in [2.05, 4.69) is 18.1 Å². The molecule has 3 nitrogen and oxygen atoms in total. The van der Waals surface area contributed by atoms with Crippen LogP contribution in [0.2, 0.25) is 0 Å². The van der Waals surface area contributed by atoms with E-state index in [1.165, 1.54) is 12.0 Å². The Balaban J connectivity index is 1.97. The minimum atomic E-state index is 0.0550. The summed E-state index contributed by atoms with van der Waals surface area (Å²) < 4.78 is 0. The first-order valence-corrected chi connectivity index (χ1v) is 6.65. The van der Waals surface area contributed by atoms with E-state index >= 15 is 0 Å². The molecule has 3 heteroatoms. The number of rotatable bonds is 1. The van der Waals surface area contributed by atoms with E-state index in [1.54, 1.807) is 5.01 Å². The molecular weight excluding hydrogens is 224 g/mol. The maximum Gasteiger partial charge on any atom is 0.256 e. The van der Waals surface area contributed by atoms with E-state index in [1.807, 2.05) is 19.1 Å². The molecule has 1 aromatic rings. The first-order chi connectivity index (χ1) is 8.66. The molecule has 18 heavy (non-hydrogen) atoms. The minimum Gasteiger partial charge on any atom is -0.272 e. The number of hydrogen-bond acceptors (Lipinski definition) is 2. The average Bonchev–Trinajstić information content (AvgIpc) is 2.68. The van der Waals surface area contributed by atoms with Gasteiger partial charge in [0.05, 0.1) is 17.3 Å². The smallest absolute Gasteiger partial charge is 0.256 e. The van der Waals surface area contributed by atoms with Gasteiger partial charge in [0.25, 0.3) is 5.91 Å². The topological polar surface area (TPSA) is 32.7 Å². The van der Waals surface area contributed by atoms with Crippen molar-refractivity contribution < 1.29 is 4.79 Å². The summed E-state index contributed by atoms with van der Waals surface area (Å²) in [5, 5.41) is 6.18. The Morgan fingerprint density at radius 3 is 2.83 bits per heavy atom. The molecule has 1 aliphatic heterocycles. The SMILES string of the molecule is Cc1ccc(N2N=C3CCCCC3C2=O)c(C)c1. The molecule has 0 N–H and O–H groups in total. The number of nitrogens with zero attached hydrogens (tertiary/aromatic N) is 2. The maximum atomic E-state index is 12.4. The molecule has 1 amide bonds. The van der Waals surface area contributed by atoms with Crippen LogP contribution in [0.3, 0.4) is 0 Å². The molecule has 1 aliphatic carbocycles. The number of aryl methyl sites for hydroxylation is 2. The van der Waals surface area contributed by atoms with Crippen molar-refractivity contribution in [1.82, 2.24) is 0 Å². The van der Waals surface area contributed by atoms with Crippen LogP contribution in [-0.2, 0) is 4.79 Å². The van der Waals surface area contributed by atoms with Crippen LogP contribution in [0.1, 0.15) is 36.8 Å². The predicted molar refractivity (Wildman–Crippen MR) is 72.8 cm³/mol. The lowest BCUT2D eigenvalue weighted by Gasteiger charge is -2.18. The molecule has 0 aromatic heterocycles. The van der Waals surface area contributed by atoms with Crippen molar-refractivity contribution in [3.63, 3.8) is 0 Å². The summed E-state index contributed by atoms with van der Waals surface area (Å²) in [7, 11) is 0. The second-order valence-electron chi connectivity index (χ2n) is 5.33. The van der Waals surface area contributed by atoms with E-state index in [-0.39, 0.29) is 11.8 Å². The standard InChI is InChI=1S/C15H18N2O/c1-10-7-8-14(11(2)9-10)17-15(18)12-5-3-4-6-13(12)16-17/h7-9,12H,3-6H2,1-2H3. The molecule has 0 bridgehead atoms. The van der Waals surface area contributed by atoms with Crippen molar-refractivity contribution in [2.45, 2.75) is 39.5 Å². The van der Waals surface area contributed by atoms with Crippen LogP contribution in [0.15, 0.2) is 23.3 Å². The quantitative estimate of drug-likeness (QED) is 0.744. The summed E-state index contributed by atoms with van der Waals surface area (Å²) in [6, 6.07) is 6.15. The van der Waals surface area contributed by atoms with Crippen molar-refractivity contribution in [2.75, 3.05) is 5.01 Å². The third kappa shape index (κ3) is 1.74. The van der Waals surface area contributed by atoms with Gasteiger partial charge in [0.1, 0.15) is 0 Å². The maximum absolute atomic E-state index is 12.4. The first kappa shape index (κ1) is 11.5. The molecule has 0 spiro atoms. The highest BCUT2D eigenvalue weighted by molar-refractivity contribution is 6.16. The van der Waals surface area contributed by atoms with Gasteiger partial charge in [-0.2, -0.15) is 10.1 Å². The molecule has 1 saturated carbocycles. The number of amides is 1. The molecule has 0 saturated heterocycles. The molecule has 0 radical (unpaired) electrons. The van der Waals surface area contributed by atoms with Gasteiger partial charge in [-0.25, -0.2) is 0 Å². The van der Waals surface area contributed by atoms with Gasteiger partial charge >= 0.3 is 0 Å². The van der Waals surface area contributed by atoms with Crippen molar-refractivity contribution in [2.24, 2.45) is 11.0 Å². The number of fused-ring (bicyclic) bond motifs is 1. The van der Waals surface area contributed by atoms with Crippen LogP contribution in [0.4, 0.5) is 5.69 Å². The van der Waals surface area contributed by atoms with E-state index in [0.29, 0.717) is 0 Å². The van der Waals surface area contributed by atoms with Crippen LogP contribution in [-0.4, -0.2) is 11.6 Å². The van der Waals surface area contributed by atoms with Crippen molar-refractivity contribution in [3.8, 4) is 0 Å². The zero-order valence-corrected chi connectivity index (χ0v) is 10.9. The molecular formula is C15H18N2O. The zero-order valence-electron chi connectivity index (χ0n) is 10.9. The molecule has 2 aliphatic rings. The minimum absolute atomic E-state index is 0.0550. The second kappa shape index (κ2) is 4.23. The van der Waals surface area contributed by atoms with E-state index < -0.39 is 0 Å². The van der Waals surface area contributed by atoms with Gasteiger partial charge in [0, 0.05) is 0 Å². The Kier molecular flexibility index (Phi) is 2.69. The van der Waals surface area contributed by atoms with Crippen molar-refractivity contribution in [3.05, 3.63) is 29.3 Å². The molecule has 1 atom stereocenters. The lowest BCUT2D eigenvalue weighted by molar-refractivity contribution is -0.120. The van der Waals surface area contributed by atoms with Gasteiger partial charge in [0.2, 0.25) is 0 Å². The van der Waals surface area contributed by atoms with Gasteiger partial charge in [-0.05, 0) is 44.7 Å². The number of benzene rings is 1. The zero-order chi connectivity index (χ0) is 12.7. The van der Waals surface area contributed by atoms with Gasteiger partial charge in [-0.3, -0.25) is 4.79 Å². The Hall–Kier alpha value is -1.64. The number of anilines is 1. The van der Waals surface area contributed by atoms with Crippen LogP contribution in [0, 0.1) is 19.8 Å². The second-order valence-corrected chi connectivity index (χ2v) is 5.33. The molecule has 1 heterocycles. The van der Waals surface area contributed by atoms with Crippen LogP contribution in [0.5, 0.6) is 0 Å². The van der Waals surface area contributed by atoms with Gasteiger partial charge < -0.3 is 0 Å². The normalized spacial score (nSPS) is 23.0. The molecule has 94 valence electrons. The van der Waals surface area contributed by atoms with Crippen LogP contribution >= 0.6 is 0 Å². The molecule has 1 unspecified atom stereocenters. The van der Waals surface area contributed by atoms with E-state index in [4.69, 9.17) is 0 Å². The number of carbonyl (C=O) groups is 1. The summed E-state index contributed by atoms with van der Waals surface area (Å²) in [6.07, 6.45) is 4.27. The third-order valence-corrected chi connectivity index (χ3v) is 3.89. The van der Waals surface area contributed by atoms with Crippen LogP contribution in [0.25, 0.3) is 0 Å². The van der Waals surface area contributed by atoms with Gasteiger partial charge in [-0.1, -0.05) is 24.1 Å². The summed E-state index contributed by atoms with van der Waals surface area (Å²) in [5.41, 5.74) is 4.36. The average molecular weight is 242 g/mol. The van der Waals surface area contributed by atoms with Crippen molar-refractivity contribution in [1.29, 1.82) is 0 Å². The Bertz CT molecular complexity index is 533. The Morgan fingerprint density at radius 2 is 2.11 bits per heavy atom.